The molecule has 1 N–H and O–H groups in total. The van der Waals surface area contributed by atoms with Crippen molar-refractivity contribution < 1.29 is 4.79 Å². The molecule has 0 radical (unpaired) electrons. The predicted molar refractivity (Wildman–Crippen MR) is 126 cm³/mol. The monoisotopic (exact) mass is 446 g/mol. The highest BCUT2D eigenvalue weighted by Gasteiger charge is 2.33. The van der Waals surface area contributed by atoms with E-state index in [2.05, 4.69) is 33.8 Å². The summed E-state index contributed by atoms with van der Waals surface area (Å²) in [5, 5.41) is 9.38. The molecule has 1 aliphatic heterocycles. The molecule has 1 unspecified atom stereocenters. The van der Waals surface area contributed by atoms with E-state index in [4.69, 9.17) is 12.2 Å². The lowest BCUT2D eigenvalue weighted by molar-refractivity contribution is -0.133. The first-order valence-electron chi connectivity index (χ1n) is 10.2. The highest BCUT2D eigenvalue weighted by atomic mass is 32.1. The van der Waals surface area contributed by atoms with Gasteiger partial charge in [0.05, 0.1) is 6.04 Å². The van der Waals surface area contributed by atoms with E-state index in [1.54, 1.807) is 15.9 Å². The maximum absolute atomic E-state index is 13.6. The number of aromatic nitrogens is 3. The maximum Gasteiger partial charge on any atom is 0.243 e. The summed E-state index contributed by atoms with van der Waals surface area (Å²) >= 11 is 7.24. The van der Waals surface area contributed by atoms with Crippen LogP contribution in [0.1, 0.15) is 27.6 Å². The average Bonchev–Trinajstić information content (AvgIpc) is 3.41. The number of nitrogens with one attached hydrogen (secondary N) is 1. The molecule has 0 spiro atoms. The second-order valence-corrected chi connectivity index (χ2v) is 9.14. The van der Waals surface area contributed by atoms with Crippen LogP contribution in [-0.4, -0.2) is 32.1 Å². The van der Waals surface area contributed by atoms with Gasteiger partial charge < -0.3 is 4.90 Å². The summed E-state index contributed by atoms with van der Waals surface area (Å²) in [7, 11) is 0. The van der Waals surface area contributed by atoms with Crippen molar-refractivity contribution in [3.05, 3.63) is 92.4 Å². The van der Waals surface area contributed by atoms with Crippen LogP contribution in [0.4, 0.5) is 0 Å². The molecule has 0 saturated heterocycles. The molecule has 156 valence electrons. The first-order valence-corrected chi connectivity index (χ1v) is 11.5. The van der Waals surface area contributed by atoms with Gasteiger partial charge in [-0.25, -0.2) is 0 Å². The Balaban J connectivity index is 1.49. The van der Waals surface area contributed by atoms with Crippen LogP contribution in [0.3, 0.4) is 0 Å². The third-order valence-electron chi connectivity index (χ3n) is 5.76. The quantitative estimate of drug-likeness (QED) is 0.441. The average molecular weight is 447 g/mol. The van der Waals surface area contributed by atoms with Crippen molar-refractivity contribution in [2.24, 2.45) is 0 Å². The van der Waals surface area contributed by atoms with E-state index in [1.807, 2.05) is 54.3 Å². The number of thiophene rings is 1. The highest BCUT2D eigenvalue weighted by molar-refractivity contribution is 7.71. The number of hydrogen-bond acceptors (Lipinski definition) is 4. The summed E-state index contributed by atoms with van der Waals surface area (Å²) in [6, 6.07) is 20.4. The molecule has 1 atom stereocenters. The molecule has 7 heteroatoms. The molecule has 1 amide bonds. The van der Waals surface area contributed by atoms with Gasteiger partial charge in [0.1, 0.15) is 6.54 Å². The Morgan fingerprint density at radius 3 is 2.71 bits per heavy atom. The van der Waals surface area contributed by atoms with Crippen LogP contribution in [-0.2, 0) is 17.8 Å². The Morgan fingerprint density at radius 1 is 1.16 bits per heavy atom. The topological polar surface area (TPSA) is 53.9 Å². The van der Waals surface area contributed by atoms with Crippen molar-refractivity contribution >= 4 is 29.5 Å². The van der Waals surface area contributed by atoms with Crippen LogP contribution in [0.2, 0.25) is 0 Å². The molecule has 0 aliphatic carbocycles. The maximum atomic E-state index is 13.6. The molecule has 0 saturated carbocycles. The fraction of sp³-hybridized carbons (Fsp3) is 0.208. The number of aromatic amines is 1. The third kappa shape index (κ3) is 3.75. The Morgan fingerprint density at radius 2 is 1.94 bits per heavy atom. The number of benzene rings is 2. The van der Waals surface area contributed by atoms with Crippen LogP contribution in [0.25, 0.3) is 11.4 Å². The van der Waals surface area contributed by atoms with E-state index >= 15 is 0 Å². The van der Waals surface area contributed by atoms with Gasteiger partial charge in [0.2, 0.25) is 5.91 Å². The van der Waals surface area contributed by atoms with Crippen LogP contribution >= 0.6 is 23.6 Å². The lowest BCUT2D eigenvalue weighted by Crippen LogP contribution is -2.41. The second-order valence-electron chi connectivity index (χ2n) is 7.75. The SMILES string of the molecule is Cc1ccc(-c2n[nH]c(=S)n2CC(=O)N2CCc3sccc3C2c2ccccc2)cc1. The standard InChI is InChI=1S/C24H22N4OS2/c1-16-7-9-18(10-8-16)23-25-26-24(30)28(23)15-21(29)27-13-11-20-19(12-14-31-20)22(27)17-5-3-2-4-6-17/h2-10,12,14,22H,11,13,15H2,1H3,(H,26,30). The van der Waals surface area contributed by atoms with Crippen molar-refractivity contribution in [3.8, 4) is 11.4 Å². The smallest absolute Gasteiger partial charge is 0.243 e. The number of H-pyrrole nitrogens is 1. The zero-order valence-electron chi connectivity index (χ0n) is 17.1. The van der Waals surface area contributed by atoms with Crippen molar-refractivity contribution in [2.45, 2.75) is 25.9 Å². The lowest BCUT2D eigenvalue weighted by Gasteiger charge is -2.36. The molecule has 31 heavy (non-hydrogen) atoms. The zero-order valence-corrected chi connectivity index (χ0v) is 18.7. The van der Waals surface area contributed by atoms with Gasteiger partial charge in [0.25, 0.3) is 0 Å². The number of nitrogens with zero attached hydrogens (tertiary/aromatic N) is 3. The van der Waals surface area contributed by atoms with Crippen molar-refractivity contribution in [1.29, 1.82) is 0 Å². The number of carbonyl (C=O) groups is 1. The number of amides is 1. The van der Waals surface area contributed by atoms with E-state index in [9.17, 15) is 4.79 Å². The number of fused-ring (bicyclic) bond motifs is 1. The lowest BCUT2D eigenvalue weighted by atomic mass is 9.93. The summed E-state index contributed by atoms with van der Waals surface area (Å²) in [5.41, 5.74) is 4.46. The molecule has 2 aromatic carbocycles. The van der Waals surface area contributed by atoms with E-state index in [0.717, 1.165) is 17.5 Å². The van der Waals surface area contributed by atoms with Gasteiger partial charge in [-0.15, -0.1) is 11.3 Å². The fourth-order valence-corrected chi connectivity index (χ4v) is 5.29. The molecular formula is C24H22N4OS2. The summed E-state index contributed by atoms with van der Waals surface area (Å²) in [5.74, 6) is 0.722. The normalized spacial score (nSPS) is 15.6. The largest absolute Gasteiger partial charge is 0.330 e. The number of rotatable bonds is 4. The van der Waals surface area contributed by atoms with Crippen LogP contribution in [0, 0.1) is 11.7 Å². The van der Waals surface area contributed by atoms with Gasteiger partial charge in [-0.2, -0.15) is 5.10 Å². The van der Waals surface area contributed by atoms with Gasteiger partial charge in [-0.05, 0) is 48.1 Å². The second kappa shape index (κ2) is 8.24. The minimum absolute atomic E-state index is 0.0385. The van der Waals surface area contributed by atoms with E-state index < -0.39 is 0 Å². The van der Waals surface area contributed by atoms with Gasteiger partial charge in [0, 0.05) is 17.0 Å². The molecule has 5 nitrogen and oxygen atoms in total. The van der Waals surface area contributed by atoms with Crippen molar-refractivity contribution in [3.63, 3.8) is 0 Å². The minimum Gasteiger partial charge on any atom is -0.330 e. The molecule has 3 heterocycles. The molecule has 1 aliphatic rings. The zero-order chi connectivity index (χ0) is 21.4. The first-order chi connectivity index (χ1) is 15.1. The van der Waals surface area contributed by atoms with Gasteiger partial charge >= 0.3 is 0 Å². The summed E-state index contributed by atoms with van der Waals surface area (Å²) < 4.78 is 2.25. The van der Waals surface area contributed by atoms with E-state index in [0.29, 0.717) is 17.1 Å². The molecule has 2 aromatic heterocycles. The van der Waals surface area contributed by atoms with E-state index in [1.165, 1.54) is 16.0 Å². The molecule has 0 fully saturated rings. The first kappa shape index (κ1) is 19.9. The Kier molecular flexibility index (Phi) is 5.29. The number of hydrogen-bond donors (Lipinski definition) is 1. The molecule has 5 rings (SSSR count). The Bertz CT molecular complexity index is 1270. The van der Waals surface area contributed by atoms with Crippen LogP contribution < -0.4 is 0 Å². The Labute approximate surface area is 190 Å². The fourth-order valence-electron chi connectivity index (χ4n) is 4.19. The number of carbonyl (C=O) groups excluding carboxylic acids is 1. The molecular weight excluding hydrogens is 424 g/mol. The summed E-state index contributed by atoms with van der Waals surface area (Å²) in [4.78, 5) is 16.9. The van der Waals surface area contributed by atoms with E-state index in [-0.39, 0.29) is 18.5 Å². The number of aryl methyl sites for hydroxylation is 1. The Hall–Kier alpha value is -3.03. The van der Waals surface area contributed by atoms with Crippen molar-refractivity contribution in [2.75, 3.05) is 6.54 Å². The molecule has 4 aromatic rings. The van der Waals surface area contributed by atoms with Crippen LogP contribution in [0.5, 0.6) is 0 Å². The molecule has 0 bridgehead atoms. The van der Waals surface area contributed by atoms with Crippen LogP contribution in [0.15, 0.2) is 66.0 Å². The van der Waals surface area contributed by atoms with Gasteiger partial charge in [-0.1, -0.05) is 60.2 Å². The van der Waals surface area contributed by atoms with Gasteiger partial charge in [0.15, 0.2) is 10.6 Å². The summed E-state index contributed by atoms with van der Waals surface area (Å²) in [6.45, 7) is 2.89. The van der Waals surface area contributed by atoms with Gasteiger partial charge in [-0.3, -0.25) is 14.5 Å². The van der Waals surface area contributed by atoms with Crippen molar-refractivity contribution in [1.82, 2.24) is 19.7 Å². The minimum atomic E-state index is -0.0763. The predicted octanol–water partition coefficient (Wildman–Crippen LogP) is 5.15. The summed E-state index contributed by atoms with van der Waals surface area (Å²) in [6.07, 6.45) is 0.879. The third-order valence-corrected chi connectivity index (χ3v) is 7.07. The highest BCUT2D eigenvalue weighted by Crippen LogP contribution is 2.38.